The first-order valence-corrected chi connectivity index (χ1v) is 4.14. The summed E-state index contributed by atoms with van der Waals surface area (Å²) in [5.41, 5.74) is 5.95. The van der Waals surface area contributed by atoms with Crippen molar-refractivity contribution >= 4 is 5.91 Å². The van der Waals surface area contributed by atoms with E-state index in [9.17, 15) is 9.18 Å². The molecule has 0 saturated heterocycles. The van der Waals surface area contributed by atoms with Crippen LogP contribution in [-0.2, 0) is 0 Å². The molecule has 4 heteroatoms. The summed E-state index contributed by atoms with van der Waals surface area (Å²) in [5.74, 6) is -0.949. The number of carbonyl (C=O) groups is 1. The molecule has 1 aliphatic carbocycles. The molecule has 1 aliphatic rings. The lowest BCUT2D eigenvalue weighted by Crippen LogP contribution is -2.16. The van der Waals surface area contributed by atoms with Gasteiger partial charge in [0, 0.05) is 0 Å². The second-order valence-corrected chi connectivity index (χ2v) is 3.21. The Morgan fingerprint density at radius 2 is 2.23 bits per heavy atom. The lowest BCUT2D eigenvalue weighted by atomic mass is 10.1. The minimum absolute atomic E-state index is 0.0856. The first kappa shape index (κ1) is 8.16. The van der Waals surface area contributed by atoms with Gasteiger partial charge in [-0.3, -0.25) is 4.79 Å². The number of hydrogen-bond acceptors (Lipinski definition) is 2. The Bertz CT molecular complexity index is 361. The second kappa shape index (κ2) is 2.80. The molecule has 3 nitrogen and oxygen atoms in total. The van der Waals surface area contributed by atoms with Gasteiger partial charge in [-0.1, -0.05) is 6.07 Å². The summed E-state index contributed by atoms with van der Waals surface area (Å²) >= 11 is 0. The Labute approximate surface area is 74.8 Å². The number of nitrogens with zero attached hydrogens (tertiary/aromatic N) is 1. The third kappa shape index (κ3) is 1.52. The lowest BCUT2D eigenvalue weighted by molar-refractivity contribution is 0.0993. The van der Waals surface area contributed by atoms with Gasteiger partial charge in [-0.25, -0.2) is 4.98 Å². The van der Waals surface area contributed by atoms with Crippen molar-refractivity contribution in [3.05, 3.63) is 29.3 Å². The van der Waals surface area contributed by atoms with Crippen molar-refractivity contribution < 1.29 is 9.18 Å². The minimum Gasteiger partial charge on any atom is -0.364 e. The Balaban J connectivity index is 2.47. The summed E-state index contributed by atoms with van der Waals surface area (Å²) < 4.78 is 12.7. The fraction of sp³-hybridized carbons (Fsp3) is 0.333. The highest BCUT2D eigenvalue weighted by Crippen LogP contribution is 2.41. The van der Waals surface area contributed by atoms with Gasteiger partial charge < -0.3 is 5.73 Å². The molecule has 1 saturated carbocycles. The quantitative estimate of drug-likeness (QED) is 0.695. The highest BCUT2D eigenvalue weighted by molar-refractivity contribution is 5.92. The van der Waals surface area contributed by atoms with Crippen LogP contribution in [0.5, 0.6) is 0 Å². The van der Waals surface area contributed by atoms with Crippen molar-refractivity contribution in [2.24, 2.45) is 5.73 Å². The third-order valence-corrected chi connectivity index (χ3v) is 2.14. The van der Waals surface area contributed by atoms with Crippen LogP contribution in [0.3, 0.4) is 0 Å². The van der Waals surface area contributed by atoms with Gasteiger partial charge in [-0.2, -0.15) is 4.39 Å². The summed E-state index contributed by atoms with van der Waals surface area (Å²) in [5, 5.41) is 0. The fourth-order valence-electron chi connectivity index (χ4n) is 1.37. The highest BCUT2D eigenvalue weighted by Gasteiger charge is 2.28. The number of primary amides is 1. The maximum atomic E-state index is 12.7. The predicted octanol–water partition coefficient (Wildman–Crippen LogP) is 1.20. The fourth-order valence-corrected chi connectivity index (χ4v) is 1.37. The summed E-state index contributed by atoms with van der Waals surface area (Å²) in [7, 11) is 0. The van der Waals surface area contributed by atoms with Crippen molar-refractivity contribution in [2.45, 2.75) is 18.8 Å². The van der Waals surface area contributed by atoms with Gasteiger partial charge in [-0.15, -0.1) is 0 Å². The van der Waals surface area contributed by atoms with Crippen LogP contribution >= 0.6 is 0 Å². The summed E-state index contributed by atoms with van der Waals surface area (Å²) in [4.78, 5) is 14.4. The third-order valence-electron chi connectivity index (χ3n) is 2.14. The Morgan fingerprint density at radius 1 is 1.54 bits per heavy atom. The number of rotatable bonds is 2. The van der Waals surface area contributed by atoms with E-state index in [-0.39, 0.29) is 5.69 Å². The number of nitrogens with two attached hydrogens (primary N) is 1. The second-order valence-electron chi connectivity index (χ2n) is 3.21. The summed E-state index contributed by atoms with van der Waals surface area (Å²) in [6.45, 7) is 0. The average Bonchev–Trinajstić information content (AvgIpc) is 2.87. The lowest BCUT2D eigenvalue weighted by Gasteiger charge is -2.02. The first-order chi connectivity index (χ1) is 6.18. The standard InChI is InChI=1S/C9H9FN2O/c10-7-4-3-6(5-1-2-5)8(12-7)9(11)13/h3-5H,1-2H2,(H2,11,13). The van der Waals surface area contributed by atoms with Crippen LogP contribution in [0.1, 0.15) is 34.8 Å². The molecule has 1 aromatic heterocycles. The van der Waals surface area contributed by atoms with Crippen molar-refractivity contribution in [2.75, 3.05) is 0 Å². The van der Waals surface area contributed by atoms with E-state index in [0.29, 0.717) is 5.92 Å². The number of amides is 1. The average molecular weight is 180 g/mol. The van der Waals surface area contributed by atoms with E-state index in [2.05, 4.69) is 4.98 Å². The predicted molar refractivity (Wildman–Crippen MR) is 44.7 cm³/mol. The van der Waals surface area contributed by atoms with Gasteiger partial charge >= 0.3 is 0 Å². The molecule has 0 atom stereocenters. The van der Waals surface area contributed by atoms with Crippen LogP contribution in [0.15, 0.2) is 12.1 Å². The Kier molecular flexibility index (Phi) is 1.76. The van der Waals surface area contributed by atoms with E-state index in [0.717, 1.165) is 18.4 Å². The van der Waals surface area contributed by atoms with Crippen LogP contribution in [0, 0.1) is 5.95 Å². The Morgan fingerprint density at radius 3 is 2.77 bits per heavy atom. The number of aromatic nitrogens is 1. The molecular weight excluding hydrogens is 171 g/mol. The smallest absolute Gasteiger partial charge is 0.267 e. The van der Waals surface area contributed by atoms with Crippen LogP contribution in [0.2, 0.25) is 0 Å². The maximum absolute atomic E-state index is 12.7. The van der Waals surface area contributed by atoms with Gasteiger partial charge in [0.25, 0.3) is 5.91 Å². The van der Waals surface area contributed by atoms with Crippen LogP contribution < -0.4 is 5.73 Å². The SMILES string of the molecule is NC(=O)c1nc(F)ccc1C1CC1. The Hall–Kier alpha value is -1.45. The molecule has 0 bridgehead atoms. The molecule has 1 aromatic rings. The van der Waals surface area contributed by atoms with Crippen LogP contribution in [0.25, 0.3) is 0 Å². The van der Waals surface area contributed by atoms with Crippen molar-refractivity contribution in [3.8, 4) is 0 Å². The number of halogens is 1. The normalized spacial score (nSPS) is 15.8. The molecule has 0 radical (unpaired) electrons. The van der Waals surface area contributed by atoms with Crippen LogP contribution in [-0.4, -0.2) is 10.9 Å². The number of carbonyl (C=O) groups excluding carboxylic acids is 1. The van der Waals surface area contributed by atoms with Crippen molar-refractivity contribution in [1.29, 1.82) is 0 Å². The van der Waals surface area contributed by atoms with E-state index < -0.39 is 11.9 Å². The number of hydrogen-bond donors (Lipinski definition) is 1. The van der Waals surface area contributed by atoms with Crippen molar-refractivity contribution in [1.82, 2.24) is 4.98 Å². The molecule has 2 rings (SSSR count). The summed E-state index contributed by atoms with van der Waals surface area (Å²) in [6, 6.07) is 2.86. The van der Waals surface area contributed by atoms with Gasteiger partial charge in [0.1, 0.15) is 5.69 Å². The highest BCUT2D eigenvalue weighted by atomic mass is 19.1. The molecule has 1 heterocycles. The van der Waals surface area contributed by atoms with E-state index in [1.54, 1.807) is 6.07 Å². The molecular formula is C9H9FN2O. The molecule has 0 aliphatic heterocycles. The maximum Gasteiger partial charge on any atom is 0.267 e. The van der Waals surface area contributed by atoms with Gasteiger partial charge in [0.05, 0.1) is 0 Å². The monoisotopic (exact) mass is 180 g/mol. The van der Waals surface area contributed by atoms with Crippen LogP contribution in [0.4, 0.5) is 4.39 Å². The molecule has 0 unspecified atom stereocenters. The molecule has 13 heavy (non-hydrogen) atoms. The topological polar surface area (TPSA) is 56.0 Å². The zero-order chi connectivity index (χ0) is 9.42. The zero-order valence-electron chi connectivity index (χ0n) is 6.96. The van der Waals surface area contributed by atoms with E-state index >= 15 is 0 Å². The van der Waals surface area contributed by atoms with Gasteiger partial charge in [0.2, 0.25) is 5.95 Å². The van der Waals surface area contributed by atoms with E-state index in [4.69, 9.17) is 5.73 Å². The molecule has 68 valence electrons. The molecule has 0 aromatic carbocycles. The molecule has 1 fully saturated rings. The molecule has 1 amide bonds. The largest absolute Gasteiger partial charge is 0.364 e. The zero-order valence-corrected chi connectivity index (χ0v) is 6.96. The van der Waals surface area contributed by atoms with Crippen molar-refractivity contribution in [3.63, 3.8) is 0 Å². The van der Waals surface area contributed by atoms with Gasteiger partial charge in [-0.05, 0) is 30.4 Å². The van der Waals surface area contributed by atoms with E-state index in [1.807, 2.05) is 0 Å². The minimum atomic E-state index is -0.654. The summed E-state index contributed by atoms with van der Waals surface area (Å²) in [6.07, 6.45) is 2.07. The first-order valence-electron chi connectivity index (χ1n) is 4.14. The van der Waals surface area contributed by atoms with E-state index in [1.165, 1.54) is 6.07 Å². The molecule has 0 spiro atoms. The number of pyridine rings is 1. The molecule has 2 N–H and O–H groups in total. The van der Waals surface area contributed by atoms with Gasteiger partial charge in [0.15, 0.2) is 0 Å².